The van der Waals surface area contributed by atoms with Crippen LogP contribution in [0.4, 0.5) is 5.69 Å². The molecule has 0 saturated carbocycles. The summed E-state index contributed by atoms with van der Waals surface area (Å²) in [5.74, 6) is 0.519. The Hall–Kier alpha value is -3.35. The van der Waals surface area contributed by atoms with E-state index in [9.17, 15) is 14.9 Å². The molecular formula is C19H20N2O5. The number of aryl methyl sites for hydroxylation is 1. The summed E-state index contributed by atoms with van der Waals surface area (Å²) < 4.78 is 11.0. The maximum atomic E-state index is 12.1. The summed E-state index contributed by atoms with van der Waals surface area (Å²) in [7, 11) is 0. The summed E-state index contributed by atoms with van der Waals surface area (Å²) in [5, 5.41) is 13.2. The fourth-order valence-corrected chi connectivity index (χ4v) is 2.21. The van der Waals surface area contributed by atoms with Gasteiger partial charge in [-0.3, -0.25) is 14.9 Å². The van der Waals surface area contributed by atoms with Crippen molar-refractivity contribution in [3.8, 4) is 11.5 Å². The lowest BCUT2D eigenvalue weighted by atomic mass is 10.2. The van der Waals surface area contributed by atoms with Gasteiger partial charge in [0.15, 0.2) is 18.1 Å². The Morgan fingerprint density at radius 2 is 1.96 bits per heavy atom. The first-order valence-electron chi connectivity index (χ1n) is 8.06. The molecule has 2 rings (SSSR count). The molecule has 0 spiro atoms. The van der Waals surface area contributed by atoms with E-state index in [1.165, 1.54) is 6.08 Å². The van der Waals surface area contributed by atoms with Gasteiger partial charge in [0.1, 0.15) is 0 Å². The number of nitrogens with one attached hydrogen (secondary N) is 1. The van der Waals surface area contributed by atoms with Crippen LogP contribution in [0.2, 0.25) is 0 Å². The molecule has 0 aliphatic heterocycles. The summed E-state index contributed by atoms with van der Waals surface area (Å²) in [6.07, 6.45) is 2.21. The second-order valence-electron chi connectivity index (χ2n) is 5.39. The maximum absolute atomic E-state index is 12.1. The van der Waals surface area contributed by atoms with E-state index in [0.29, 0.717) is 23.7 Å². The van der Waals surface area contributed by atoms with Gasteiger partial charge >= 0.3 is 0 Å². The SMILES string of the molecule is CCOc1cc(/C=C/[N+](=O)[O-])ccc1OCC(=O)Nc1ccccc1C. The Labute approximate surface area is 151 Å². The highest BCUT2D eigenvalue weighted by Crippen LogP contribution is 2.29. The zero-order valence-corrected chi connectivity index (χ0v) is 14.6. The summed E-state index contributed by atoms with van der Waals surface area (Å²) in [6.45, 7) is 3.93. The molecule has 1 N–H and O–H groups in total. The first-order valence-corrected chi connectivity index (χ1v) is 8.06. The van der Waals surface area contributed by atoms with Crippen LogP contribution in [0.15, 0.2) is 48.7 Å². The number of carbonyl (C=O) groups is 1. The van der Waals surface area contributed by atoms with Crippen LogP contribution in [-0.2, 0) is 4.79 Å². The molecule has 0 aliphatic rings. The predicted molar refractivity (Wildman–Crippen MR) is 98.9 cm³/mol. The number of amides is 1. The van der Waals surface area contributed by atoms with E-state index in [-0.39, 0.29) is 12.5 Å². The van der Waals surface area contributed by atoms with Gasteiger partial charge < -0.3 is 14.8 Å². The van der Waals surface area contributed by atoms with Gasteiger partial charge in [0, 0.05) is 11.8 Å². The third-order valence-corrected chi connectivity index (χ3v) is 3.43. The molecule has 0 heterocycles. The second kappa shape index (κ2) is 9.22. The number of anilines is 1. The van der Waals surface area contributed by atoms with Crippen LogP contribution < -0.4 is 14.8 Å². The number of benzene rings is 2. The number of ether oxygens (including phenoxy) is 2. The zero-order chi connectivity index (χ0) is 18.9. The quantitative estimate of drug-likeness (QED) is 0.576. The lowest BCUT2D eigenvalue weighted by Gasteiger charge is -2.13. The number of hydrogen-bond acceptors (Lipinski definition) is 5. The minimum absolute atomic E-state index is 0.182. The van der Waals surface area contributed by atoms with Gasteiger partial charge in [0.05, 0.1) is 11.5 Å². The van der Waals surface area contributed by atoms with Gasteiger partial charge in [0.25, 0.3) is 5.91 Å². The van der Waals surface area contributed by atoms with Crippen LogP contribution in [-0.4, -0.2) is 24.0 Å². The van der Waals surface area contributed by atoms with Crippen LogP contribution in [0.1, 0.15) is 18.1 Å². The van der Waals surface area contributed by atoms with Crippen molar-refractivity contribution >= 4 is 17.7 Å². The topological polar surface area (TPSA) is 90.7 Å². The van der Waals surface area contributed by atoms with Crippen LogP contribution in [0, 0.1) is 17.0 Å². The number of nitrogens with zero attached hydrogens (tertiary/aromatic N) is 1. The number of carbonyl (C=O) groups excluding carboxylic acids is 1. The first-order chi connectivity index (χ1) is 12.5. The minimum atomic E-state index is -0.541. The summed E-state index contributed by atoms with van der Waals surface area (Å²) >= 11 is 0. The number of para-hydroxylation sites is 1. The van der Waals surface area contributed by atoms with E-state index in [1.807, 2.05) is 38.1 Å². The third-order valence-electron chi connectivity index (χ3n) is 3.43. The van der Waals surface area contributed by atoms with Crippen LogP contribution >= 0.6 is 0 Å². The Morgan fingerprint density at radius 3 is 2.65 bits per heavy atom. The van der Waals surface area contributed by atoms with Gasteiger partial charge in [-0.05, 0) is 43.2 Å². The molecule has 0 radical (unpaired) electrons. The molecule has 0 bridgehead atoms. The van der Waals surface area contributed by atoms with Gasteiger partial charge in [-0.15, -0.1) is 0 Å². The molecule has 2 aromatic rings. The molecular weight excluding hydrogens is 336 g/mol. The monoisotopic (exact) mass is 356 g/mol. The number of nitro groups is 1. The molecule has 26 heavy (non-hydrogen) atoms. The van der Waals surface area contributed by atoms with E-state index in [4.69, 9.17) is 9.47 Å². The van der Waals surface area contributed by atoms with Gasteiger partial charge in [-0.1, -0.05) is 24.3 Å². The Bertz CT molecular complexity index is 817. The Morgan fingerprint density at radius 1 is 1.19 bits per heavy atom. The fraction of sp³-hybridized carbons (Fsp3) is 0.211. The van der Waals surface area contributed by atoms with Crippen LogP contribution in [0.3, 0.4) is 0 Å². The van der Waals surface area contributed by atoms with Crippen molar-refractivity contribution in [2.75, 3.05) is 18.5 Å². The average molecular weight is 356 g/mol. The molecule has 7 heteroatoms. The van der Waals surface area contributed by atoms with Gasteiger partial charge in [-0.2, -0.15) is 0 Å². The van der Waals surface area contributed by atoms with Crippen LogP contribution in [0.25, 0.3) is 6.08 Å². The first kappa shape index (κ1) is 19.0. The highest BCUT2D eigenvalue weighted by Gasteiger charge is 2.10. The molecule has 1 amide bonds. The Kier molecular flexibility index (Phi) is 6.73. The molecule has 0 atom stereocenters. The van der Waals surface area contributed by atoms with E-state index in [2.05, 4.69) is 5.32 Å². The van der Waals surface area contributed by atoms with Gasteiger partial charge in [-0.25, -0.2) is 0 Å². The smallest absolute Gasteiger partial charge is 0.262 e. The van der Waals surface area contributed by atoms with Crippen molar-refractivity contribution in [2.24, 2.45) is 0 Å². The van der Waals surface area contributed by atoms with E-state index in [1.54, 1.807) is 18.2 Å². The average Bonchev–Trinajstić information content (AvgIpc) is 2.61. The highest BCUT2D eigenvalue weighted by molar-refractivity contribution is 5.92. The largest absolute Gasteiger partial charge is 0.490 e. The van der Waals surface area contributed by atoms with Crippen LogP contribution in [0.5, 0.6) is 11.5 Å². The minimum Gasteiger partial charge on any atom is -0.490 e. The number of hydrogen-bond donors (Lipinski definition) is 1. The molecule has 2 aromatic carbocycles. The molecule has 0 fully saturated rings. The molecule has 0 aliphatic carbocycles. The fourth-order valence-electron chi connectivity index (χ4n) is 2.21. The normalized spacial score (nSPS) is 10.5. The summed E-state index contributed by atoms with van der Waals surface area (Å²) in [6, 6.07) is 12.3. The highest BCUT2D eigenvalue weighted by atomic mass is 16.6. The standard InChI is InChI=1S/C19H20N2O5/c1-3-25-18-12-15(10-11-21(23)24)8-9-17(18)26-13-19(22)20-16-7-5-4-6-14(16)2/h4-12H,3,13H2,1-2H3,(H,20,22)/b11-10+. The van der Waals surface area contributed by atoms with Crippen molar-refractivity contribution in [3.05, 3.63) is 69.9 Å². The molecule has 0 saturated heterocycles. The molecule has 136 valence electrons. The maximum Gasteiger partial charge on any atom is 0.262 e. The van der Waals surface area contributed by atoms with Crippen molar-refractivity contribution in [1.82, 2.24) is 0 Å². The third kappa shape index (κ3) is 5.62. The van der Waals surface area contributed by atoms with E-state index >= 15 is 0 Å². The van der Waals surface area contributed by atoms with Crippen molar-refractivity contribution in [2.45, 2.75) is 13.8 Å². The molecule has 0 unspecified atom stereocenters. The van der Waals surface area contributed by atoms with Crippen molar-refractivity contribution in [1.29, 1.82) is 0 Å². The molecule has 7 nitrogen and oxygen atoms in total. The summed E-state index contributed by atoms with van der Waals surface area (Å²) in [4.78, 5) is 22.0. The summed E-state index contributed by atoms with van der Waals surface area (Å²) in [5.41, 5.74) is 2.28. The van der Waals surface area contributed by atoms with Crippen molar-refractivity contribution in [3.63, 3.8) is 0 Å². The number of rotatable bonds is 8. The lowest BCUT2D eigenvalue weighted by molar-refractivity contribution is -0.400. The molecule has 0 aromatic heterocycles. The van der Waals surface area contributed by atoms with E-state index < -0.39 is 4.92 Å². The predicted octanol–water partition coefficient (Wildman–Crippen LogP) is 3.66. The van der Waals surface area contributed by atoms with Crippen molar-refractivity contribution < 1.29 is 19.2 Å². The lowest BCUT2D eigenvalue weighted by Crippen LogP contribution is -2.20. The van der Waals surface area contributed by atoms with E-state index in [0.717, 1.165) is 17.5 Å². The van der Waals surface area contributed by atoms with Gasteiger partial charge in [0.2, 0.25) is 6.20 Å². The zero-order valence-electron chi connectivity index (χ0n) is 14.6. The Balaban J connectivity index is 2.04. The second-order valence-corrected chi connectivity index (χ2v) is 5.39.